The van der Waals surface area contributed by atoms with E-state index in [0.717, 1.165) is 0 Å². The van der Waals surface area contributed by atoms with Gasteiger partial charge in [0, 0.05) is 13.0 Å². The Bertz CT molecular complexity index is 1040. The van der Waals surface area contributed by atoms with Crippen LogP contribution in [0.4, 0.5) is 0 Å². The van der Waals surface area contributed by atoms with E-state index in [1.807, 2.05) is 0 Å². The van der Waals surface area contributed by atoms with Gasteiger partial charge < -0.3 is 49.1 Å². The van der Waals surface area contributed by atoms with Crippen LogP contribution in [0.3, 0.4) is 0 Å². The molecule has 0 saturated heterocycles. The van der Waals surface area contributed by atoms with E-state index in [4.69, 9.17) is 22.9 Å². The van der Waals surface area contributed by atoms with Crippen molar-refractivity contribution < 1.29 is 34.2 Å². The number of hydrogen-bond donors (Lipinski definition) is 9. The lowest BCUT2D eigenvalue weighted by atomic mass is 10.0. The molecule has 4 amide bonds. The van der Waals surface area contributed by atoms with Crippen molar-refractivity contribution in [2.24, 2.45) is 33.8 Å². The predicted octanol–water partition coefficient (Wildman–Crippen LogP) is -2.61. The molecule has 1 rings (SSSR count). The number of benzene rings is 1. The summed E-state index contributed by atoms with van der Waals surface area (Å²) in [6.45, 7) is 3.59. The van der Waals surface area contributed by atoms with Crippen LogP contribution in [0.2, 0.25) is 0 Å². The number of carbonyl (C=O) groups excluding carboxylic acids is 4. The molecule has 0 aliphatic carbocycles. The topological polar surface area (TPSA) is 278 Å². The molecule has 0 fully saturated rings. The summed E-state index contributed by atoms with van der Waals surface area (Å²) < 4.78 is 0. The van der Waals surface area contributed by atoms with Crippen molar-refractivity contribution in [3.8, 4) is 5.75 Å². The van der Waals surface area contributed by atoms with E-state index in [-0.39, 0.29) is 43.4 Å². The summed E-state index contributed by atoms with van der Waals surface area (Å²) in [6, 6.07) is 0.955. The predicted molar refractivity (Wildman–Crippen MR) is 142 cm³/mol. The van der Waals surface area contributed by atoms with Crippen LogP contribution in [0.25, 0.3) is 0 Å². The van der Waals surface area contributed by atoms with E-state index < -0.39 is 60.2 Å². The molecule has 0 saturated carbocycles. The molecular weight excluding hydrogens is 512 g/mol. The summed E-state index contributed by atoms with van der Waals surface area (Å²) >= 11 is 0. The van der Waals surface area contributed by atoms with Crippen LogP contribution in [0.15, 0.2) is 29.3 Å². The van der Waals surface area contributed by atoms with Gasteiger partial charge in [0.15, 0.2) is 5.96 Å². The minimum absolute atomic E-state index is 0.00655. The maximum atomic E-state index is 13.3. The number of aliphatic carboxylic acids is 1. The van der Waals surface area contributed by atoms with E-state index in [1.54, 1.807) is 26.0 Å². The number of nitrogens with one attached hydrogen (secondary N) is 3. The molecule has 4 unspecified atom stereocenters. The number of carbonyl (C=O) groups is 5. The van der Waals surface area contributed by atoms with Crippen LogP contribution < -0.4 is 38.9 Å². The number of aliphatic imine (C=N–C) groups is 1. The Morgan fingerprint density at radius 2 is 1.41 bits per heavy atom. The van der Waals surface area contributed by atoms with Gasteiger partial charge in [-0.25, -0.2) is 4.79 Å². The van der Waals surface area contributed by atoms with Crippen molar-refractivity contribution in [2.45, 2.75) is 63.7 Å². The number of carboxylic acid groups (broad SMARTS) is 1. The largest absolute Gasteiger partial charge is 0.508 e. The smallest absolute Gasteiger partial charge is 0.326 e. The second kappa shape index (κ2) is 15.8. The maximum absolute atomic E-state index is 13.3. The Morgan fingerprint density at radius 3 is 1.92 bits per heavy atom. The van der Waals surface area contributed by atoms with Gasteiger partial charge in [0.05, 0.1) is 12.5 Å². The highest BCUT2D eigenvalue weighted by Crippen LogP contribution is 2.12. The maximum Gasteiger partial charge on any atom is 0.326 e. The van der Waals surface area contributed by atoms with Gasteiger partial charge in [-0.15, -0.1) is 0 Å². The Morgan fingerprint density at radius 1 is 0.872 bits per heavy atom. The molecule has 0 bridgehead atoms. The van der Waals surface area contributed by atoms with Crippen molar-refractivity contribution >= 4 is 35.6 Å². The number of amides is 4. The van der Waals surface area contributed by atoms with Crippen molar-refractivity contribution in [1.82, 2.24) is 16.0 Å². The fourth-order valence-corrected chi connectivity index (χ4v) is 3.37. The zero-order valence-corrected chi connectivity index (χ0v) is 21.9. The highest BCUT2D eigenvalue weighted by molar-refractivity contribution is 5.95. The Balaban J connectivity index is 3.20. The molecule has 0 aromatic heterocycles. The van der Waals surface area contributed by atoms with Crippen LogP contribution >= 0.6 is 0 Å². The monoisotopic (exact) mass is 550 g/mol. The fourth-order valence-electron chi connectivity index (χ4n) is 3.37. The highest BCUT2D eigenvalue weighted by atomic mass is 16.4. The number of carboxylic acids is 1. The van der Waals surface area contributed by atoms with Crippen LogP contribution in [0.5, 0.6) is 5.75 Å². The molecule has 13 N–H and O–H groups in total. The number of nitrogens with two attached hydrogens (primary N) is 4. The standard InChI is InChI=1S/C24H38N8O7/c1-12(2)19(26)22(37)31-16(10-13-5-7-14(33)8-6-13)21(36)30-15(4-3-9-29-24(27)28)20(35)32-17(23(38)39)11-18(25)34/h5-8,12,15-17,19,33H,3-4,9-11,26H2,1-2H3,(H2,25,34)(H,30,36)(H,31,37)(H,32,35)(H,38,39)(H4,27,28,29). The van der Waals surface area contributed by atoms with Crippen molar-refractivity contribution in [3.05, 3.63) is 29.8 Å². The van der Waals surface area contributed by atoms with Crippen LogP contribution in [-0.2, 0) is 30.4 Å². The van der Waals surface area contributed by atoms with Crippen LogP contribution in [0.1, 0.15) is 38.7 Å². The third-order valence-electron chi connectivity index (χ3n) is 5.63. The molecule has 0 aliphatic rings. The van der Waals surface area contributed by atoms with Gasteiger partial charge in [-0.3, -0.25) is 24.2 Å². The first-order valence-electron chi connectivity index (χ1n) is 12.2. The van der Waals surface area contributed by atoms with E-state index in [2.05, 4.69) is 20.9 Å². The van der Waals surface area contributed by atoms with Gasteiger partial charge in [-0.05, 0) is 36.5 Å². The van der Waals surface area contributed by atoms with Gasteiger partial charge >= 0.3 is 5.97 Å². The van der Waals surface area contributed by atoms with Gasteiger partial charge in [-0.1, -0.05) is 26.0 Å². The first kappa shape index (κ1) is 32.6. The van der Waals surface area contributed by atoms with E-state index in [9.17, 15) is 34.2 Å². The molecule has 15 heteroatoms. The summed E-state index contributed by atoms with van der Waals surface area (Å²) in [5, 5.41) is 26.2. The zero-order chi connectivity index (χ0) is 29.7. The summed E-state index contributed by atoms with van der Waals surface area (Å²) in [6.07, 6.45) is -0.466. The number of aromatic hydroxyl groups is 1. The average Bonchev–Trinajstić information content (AvgIpc) is 2.84. The molecule has 15 nitrogen and oxygen atoms in total. The first-order chi connectivity index (χ1) is 18.2. The molecule has 216 valence electrons. The molecule has 0 aliphatic heterocycles. The number of primary amides is 1. The Kier molecular flexibility index (Phi) is 13.2. The number of hydrogen-bond acceptors (Lipinski definition) is 8. The Labute approximate surface area is 225 Å². The minimum Gasteiger partial charge on any atom is -0.508 e. The second-order valence-corrected chi connectivity index (χ2v) is 9.28. The molecule has 4 atom stereocenters. The fraction of sp³-hybridized carbons (Fsp3) is 0.500. The van der Waals surface area contributed by atoms with Gasteiger partial charge in [-0.2, -0.15) is 0 Å². The number of rotatable bonds is 16. The number of nitrogens with zero attached hydrogens (tertiary/aromatic N) is 1. The molecule has 0 heterocycles. The number of guanidine groups is 1. The summed E-state index contributed by atoms with van der Waals surface area (Å²) in [7, 11) is 0. The lowest BCUT2D eigenvalue weighted by molar-refractivity contribution is -0.143. The van der Waals surface area contributed by atoms with Crippen molar-refractivity contribution in [3.63, 3.8) is 0 Å². The third-order valence-corrected chi connectivity index (χ3v) is 5.63. The quantitative estimate of drug-likeness (QED) is 0.0587. The van der Waals surface area contributed by atoms with Crippen molar-refractivity contribution in [1.29, 1.82) is 0 Å². The van der Waals surface area contributed by atoms with Crippen LogP contribution in [-0.4, -0.2) is 76.5 Å². The number of phenols is 1. The lowest BCUT2D eigenvalue weighted by Crippen LogP contribution is -2.58. The van der Waals surface area contributed by atoms with Crippen LogP contribution in [0, 0.1) is 5.92 Å². The van der Waals surface area contributed by atoms with Gasteiger partial charge in [0.2, 0.25) is 23.6 Å². The summed E-state index contributed by atoms with van der Waals surface area (Å²) in [5.41, 5.74) is 22.2. The third kappa shape index (κ3) is 12.1. The average molecular weight is 551 g/mol. The first-order valence-corrected chi connectivity index (χ1v) is 12.2. The van der Waals surface area contributed by atoms with E-state index in [1.165, 1.54) is 12.1 Å². The summed E-state index contributed by atoms with van der Waals surface area (Å²) in [5.74, 6) is -5.08. The molecule has 0 radical (unpaired) electrons. The van der Waals surface area contributed by atoms with Gasteiger partial charge in [0.1, 0.15) is 23.9 Å². The lowest BCUT2D eigenvalue weighted by Gasteiger charge is -2.26. The van der Waals surface area contributed by atoms with Gasteiger partial charge in [0.25, 0.3) is 0 Å². The minimum atomic E-state index is -1.62. The molecular formula is C24H38N8O7. The molecule has 0 spiro atoms. The SMILES string of the molecule is CC(C)C(N)C(=O)NC(Cc1ccc(O)cc1)C(=O)NC(CCCN=C(N)N)C(=O)NC(CC(N)=O)C(=O)O. The van der Waals surface area contributed by atoms with Crippen molar-refractivity contribution in [2.75, 3.05) is 6.54 Å². The van der Waals surface area contributed by atoms with E-state index >= 15 is 0 Å². The van der Waals surface area contributed by atoms with E-state index in [0.29, 0.717) is 5.56 Å². The zero-order valence-electron chi connectivity index (χ0n) is 21.9. The number of phenolic OH excluding ortho intramolecular Hbond substituents is 1. The molecule has 39 heavy (non-hydrogen) atoms. The normalized spacial score (nSPS) is 13.8. The second-order valence-electron chi connectivity index (χ2n) is 9.28. The molecule has 1 aromatic rings. The Hall–Kier alpha value is -4.40. The highest BCUT2D eigenvalue weighted by Gasteiger charge is 2.31. The molecule has 1 aromatic carbocycles. The summed E-state index contributed by atoms with van der Waals surface area (Å²) in [4.78, 5) is 65.6.